The maximum absolute atomic E-state index is 15.5. The number of aliphatic hydroxyl groups is 2. The molecule has 14 atom stereocenters. The van der Waals surface area contributed by atoms with Crippen LogP contribution in [0, 0.1) is 0 Å². The molecular weight excluding hydrogens is 1580 g/mol. The van der Waals surface area contributed by atoms with Crippen molar-refractivity contribution in [3.8, 4) is 11.5 Å². The molecule has 3 heterocycles. The van der Waals surface area contributed by atoms with Gasteiger partial charge in [0.1, 0.15) is 96.1 Å². The van der Waals surface area contributed by atoms with Crippen LogP contribution < -0.4 is 69.1 Å². The highest BCUT2D eigenvalue weighted by Gasteiger charge is 2.43. The fraction of sp³-hybridized carbons (Fsp3) is 0.434. The molecule has 0 aromatic heterocycles. The molecule has 648 valence electrons. The van der Waals surface area contributed by atoms with E-state index in [0.717, 1.165) is 25.9 Å². The number of aromatic hydroxyl groups is 2. The Morgan fingerprint density at radius 1 is 0.512 bits per heavy atom. The quantitative estimate of drug-likeness (QED) is 0.0288. The first-order valence-corrected chi connectivity index (χ1v) is 39.5. The van der Waals surface area contributed by atoms with E-state index in [1.54, 1.807) is 78.9 Å². The van der Waals surface area contributed by atoms with Gasteiger partial charge >= 0.3 is 17.9 Å². The summed E-state index contributed by atoms with van der Waals surface area (Å²) in [6, 6.07) is 10.9. The second-order valence-corrected chi connectivity index (χ2v) is 29.5. The van der Waals surface area contributed by atoms with E-state index in [2.05, 4.69) is 69.1 Å². The molecule has 38 nitrogen and oxygen atoms in total. The zero-order chi connectivity index (χ0) is 87.8. The van der Waals surface area contributed by atoms with E-state index in [1.807, 2.05) is 0 Å². The van der Waals surface area contributed by atoms with Gasteiger partial charge in [-0.3, -0.25) is 76.7 Å². The van der Waals surface area contributed by atoms with Gasteiger partial charge in [-0.2, -0.15) is 0 Å². The fourth-order valence-electron chi connectivity index (χ4n) is 13.7. The number of carboxylic acids is 1. The topological polar surface area (TPSA) is 569 Å². The molecule has 5 aromatic carbocycles. The molecule has 3 fully saturated rings. The first-order chi connectivity index (χ1) is 57.9. The highest BCUT2D eigenvalue weighted by molar-refractivity contribution is 6.01. The maximum Gasteiger partial charge on any atom is 0.326 e. The molecule has 121 heavy (non-hydrogen) atoms. The van der Waals surface area contributed by atoms with Crippen LogP contribution in [0.4, 0.5) is 0 Å². The molecule has 18 N–H and O–H groups in total. The lowest BCUT2D eigenvalue weighted by Gasteiger charge is -2.31. The third-order valence-corrected chi connectivity index (χ3v) is 20.3. The van der Waals surface area contributed by atoms with Crippen LogP contribution in [0.25, 0.3) is 0 Å². The van der Waals surface area contributed by atoms with Crippen LogP contribution in [0.15, 0.2) is 140 Å². The Kier molecular flexibility index (Phi) is 35.5. The van der Waals surface area contributed by atoms with Gasteiger partial charge in [-0.15, -0.1) is 0 Å². The van der Waals surface area contributed by atoms with Crippen LogP contribution in [0.3, 0.4) is 0 Å². The van der Waals surface area contributed by atoms with E-state index in [4.69, 9.17) is 9.47 Å². The van der Waals surface area contributed by atoms with Crippen LogP contribution in [0.5, 0.6) is 11.5 Å². The molecule has 5 aromatic rings. The highest BCUT2D eigenvalue weighted by Crippen LogP contribution is 2.23. The van der Waals surface area contributed by atoms with Crippen molar-refractivity contribution in [3.63, 3.8) is 0 Å². The number of fused-ring (bicyclic) bond motifs is 12. The van der Waals surface area contributed by atoms with Gasteiger partial charge in [0.2, 0.25) is 82.7 Å². The van der Waals surface area contributed by atoms with Crippen molar-refractivity contribution in [1.29, 1.82) is 0 Å². The van der Waals surface area contributed by atoms with Gasteiger partial charge in [0.15, 0.2) is 0 Å². The Balaban J connectivity index is 1.28. The summed E-state index contributed by atoms with van der Waals surface area (Å²) in [4.78, 5) is 248. The molecule has 38 heteroatoms. The Bertz CT molecular complexity index is 4490. The molecule has 3 aliphatic heterocycles. The number of aliphatic carboxylic acids is 1. The van der Waals surface area contributed by atoms with Crippen molar-refractivity contribution in [3.05, 3.63) is 167 Å². The van der Waals surface area contributed by atoms with E-state index in [-0.39, 0.29) is 81.5 Å². The number of esters is 2. The number of ether oxygens (including phenoxy) is 2. The Hall–Kier alpha value is -13.4. The first-order valence-electron chi connectivity index (χ1n) is 39.5. The lowest BCUT2D eigenvalue weighted by molar-refractivity contribution is -0.154. The van der Waals surface area contributed by atoms with E-state index in [1.165, 1.54) is 60.7 Å². The second-order valence-electron chi connectivity index (χ2n) is 29.5. The third kappa shape index (κ3) is 29.0. The zero-order valence-corrected chi connectivity index (χ0v) is 66.7. The standard InChI is InChI=1S/C83H102N14O24/c1-46-70(96-79(114)65(45-99)94-74(109)58(85-47(2)100)38-48-16-7-4-8-17-48)81(116)91-60(40-51-24-28-53(101)29-25-51)76(111)86-55-22-13-14-36-84-67(103)34-32-56(73(108)93-63(83(118)119)42-50-20-11-6-12-21-50)87-72(107)57(33-35-68(104)120-3)88-75(110)59(39-49-18-9-5-10-19-49)89-77(112)61(43-69(105)121-46)90-78(113)64(44-98)95-80(115)66-23-15-37-97(66)82(117)62(92-71(55)106)41-52-26-30-54(102)31-27-52/h4-12,16-21,24-31,46,55-66,70,98-99,101-102H,13-15,22-23,32-45H2,1-3H3,(H,84,103)(H,85,100)(H,86,111)(H,87,107)(H,88,110)(H,89,112)(H,90,113)(H,91,116)(H,92,106)(H,93,108)(H,94,109)(H,95,115)(H,96,114)(H,118,119)/t46-,55+,56+,57+,58+,59+,60+,61+,62+,63+,64+,65+,66+,70+/m1/s1. The summed E-state index contributed by atoms with van der Waals surface area (Å²) in [7, 11) is 1.03. The van der Waals surface area contributed by atoms with Crippen molar-refractivity contribution >= 4 is 101 Å². The molecule has 0 unspecified atom stereocenters. The number of methoxy groups -OCH3 is 1. The van der Waals surface area contributed by atoms with Crippen LogP contribution in [0.1, 0.15) is 106 Å². The largest absolute Gasteiger partial charge is 0.508 e. The molecule has 14 amide bonds. The highest BCUT2D eigenvalue weighted by atomic mass is 16.5. The van der Waals surface area contributed by atoms with Gasteiger partial charge in [-0.05, 0) is 104 Å². The number of nitrogens with zero attached hydrogens (tertiary/aromatic N) is 1. The minimum Gasteiger partial charge on any atom is -0.508 e. The summed E-state index contributed by atoms with van der Waals surface area (Å²) in [5.41, 5.74) is 1.90. The lowest BCUT2D eigenvalue weighted by Crippen LogP contribution is -2.63. The maximum atomic E-state index is 15.5. The van der Waals surface area contributed by atoms with Crippen LogP contribution in [0.2, 0.25) is 0 Å². The van der Waals surface area contributed by atoms with Gasteiger partial charge in [0, 0.05) is 65.0 Å². The number of aliphatic hydroxyl groups excluding tert-OH is 2. The van der Waals surface area contributed by atoms with Gasteiger partial charge in [0.25, 0.3) is 0 Å². The Labute approximate surface area is 695 Å². The van der Waals surface area contributed by atoms with Crippen molar-refractivity contribution in [2.24, 2.45) is 0 Å². The van der Waals surface area contributed by atoms with Gasteiger partial charge in [0.05, 0.1) is 26.7 Å². The summed E-state index contributed by atoms with van der Waals surface area (Å²) in [6.07, 6.45) is -7.85. The monoisotopic (exact) mass is 1680 g/mol. The van der Waals surface area contributed by atoms with E-state index in [0.29, 0.717) is 22.3 Å². The number of amides is 14. The molecule has 0 spiro atoms. The number of carboxylic acid groups (broad SMARTS) is 1. The molecule has 0 aliphatic carbocycles. The fourth-order valence-corrected chi connectivity index (χ4v) is 13.7. The molecule has 0 saturated carbocycles. The number of hydrogen-bond acceptors (Lipinski definition) is 23. The van der Waals surface area contributed by atoms with Crippen LogP contribution >= 0.6 is 0 Å². The summed E-state index contributed by atoms with van der Waals surface area (Å²) in [5, 5.41) is 85.3. The summed E-state index contributed by atoms with van der Waals surface area (Å²) in [6.45, 7) is -0.647. The summed E-state index contributed by atoms with van der Waals surface area (Å²) >= 11 is 0. The van der Waals surface area contributed by atoms with E-state index < -0.39 is 243 Å². The number of nitrogens with one attached hydrogen (secondary N) is 13. The molecule has 0 radical (unpaired) electrons. The lowest BCUT2D eigenvalue weighted by atomic mass is 10.0. The Morgan fingerprint density at radius 2 is 1.02 bits per heavy atom. The number of carbonyl (C=O) groups excluding carboxylic acids is 16. The van der Waals surface area contributed by atoms with Crippen molar-refractivity contribution < 1.29 is 117 Å². The second kappa shape index (κ2) is 46.1. The first kappa shape index (κ1) is 93.1. The predicted octanol–water partition coefficient (Wildman–Crippen LogP) is -3.12. The van der Waals surface area contributed by atoms with E-state index in [9.17, 15) is 78.3 Å². The molecule has 3 saturated heterocycles. The minimum absolute atomic E-state index is 0.0188. The number of phenols is 2. The molecule has 8 rings (SSSR count). The average molecular weight is 1680 g/mol. The van der Waals surface area contributed by atoms with Gasteiger partial charge < -0.3 is 109 Å². The molecular formula is C83H102N14O24. The Morgan fingerprint density at radius 3 is 1.59 bits per heavy atom. The SMILES string of the molecule is COC(=O)CC[C@@H]1NC(=O)[C@H](Cc2ccccc2)NC(=O)[C@@H]2CC(=O)O[C@H](C)[C@H](NC(=O)[C@H](CO)NC(=O)[C@H](Cc3ccccc3)NC(C)=O)C(=O)N[C@@H](Cc3ccc(O)cc3)C(=O)N[C@@H](CCCCNC(=O)CC[C@@H](C(=O)N[C@@H](Cc3ccccc3)C(=O)O)NC1=O)C(=O)N[C@@H](Cc1ccc(O)cc1)C(=O)N1CCC[C@H]1C(=O)N[C@@H](CO)C(=O)N2. The number of benzene rings is 5. The van der Waals surface area contributed by atoms with Gasteiger partial charge in [-0.25, -0.2) is 4.79 Å². The van der Waals surface area contributed by atoms with E-state index >= 15 is 28.8 Å². The minimum atomic E-state index is -2.31. The normalized spacial score (nSPS) is 23.2. The zero-order valence-electron chi connectivity index (χ0n) is 66.7. The third-order valence-electron chi connectivity index (χ3n) is 20.3. The van der Waals surface area contributed by atoms with Gasteiger partial charge in [-0.1, -0.05) is 115 Å². The number of rotatable bonds is 23. The molecule has 2 bridgehead atoms. The number of carbonyl (C=O) groups is 17. The predicted molar refractivity (Wildman–Crippen MR) is 427 cm³/mol. The van der Waals surface area contributed by atoms with Crippen LogP contribution in [-0.4, -0.2) is 249 Å². The summed E-state index contributed by atoms with van der Waals surface area (Å²) in [5.74, 6) is -20.2. The summed E-state index contributed by atoms with van der Waals surface area (Å²) < 4.78 is 10.7. The smallest absolute Gasteiger partial charge is 0.326 e. The van der Waals surface area contributed by atoms with Crippen LogP contribution in [-0.2, 0) is 123 Å². The van der Waals surface area contributed by atoms with Crippen molar-refractivity contribution in [2.75, 3.05) is 33.4 Å². The molecule has 3 aliphatic rings. The number of phenolic OH excluding ortho intramolecular Hbond substituents is 2. The average Bonchev–Trinajstić information content (AvgIpc) is 1.76. The number of hydrogen-bond donors (Lipinski definition) is 18. The van der Waals surface area contributed by atoms with Crippen molar-refractivity contribution in [2.45, 2.75) is 195 Å². The van der Waals surface area contributed by atoms with Crippen molar-refractivity contribution in [1.82, 2.24) is 74.0 Å².